The minimum absolute atomic E-state index is 0.0924. The van der Waals surface area contributed by atoms with E-state index in [1.807, 2.05) is 6.26 Å². The molecule has 0 saturated heterocycles. The lowest BCUT2D eigenvalue weighted by Crippen LogP contribution is -2.49. The highest BCUT2D eigenvalue weighted by Gasteiger charge is 2.22. The van der Waals surface area contributed by atoms with E-state index in [2.05, 4.69) is 21.9 Å². The Morgan fingerprint density at radius 1 is 1.27 bits per heavy atom. The number of carbonyl (C=O) groups excluding carboxylic acids is 3. The van der Waals surface area contributed by atoms with Crippen LogP contribution in [0.1, 0.15) is 16.8 Å². The van der Waals surface area contributed by atoms with Crippen LogP contribution in [0.2, 0.25) is 0 Å². The van der Waals surface area contributed by atoms with Crippen molar-refractivity contribution < 1.29 is 19.1 Å². The molecule has 0 fully saturated rings. The van der Waals surface area contributed by atoms with E-state index in [1.165, 1.54) is 7.11 Å². The molecule has 0 aliphatic rings. The van der Waals surface area contributed by atoms with Gasteiger partial charge < -0.3 is 20.7 Å². The summed E-state index contributed by atoms with van der Waals surface area (Å²) in [7, 11) is 1.47. The summed E-state index contributed by atoms with van der Waals surface area (Å²) in [5.41, 5.74) is 0.337. The molecule has 0 saturated carbocycles. The first kappa shape index (κ1) is 21.4. The second-order valence-corrected chi connectivity index (χ2v) is 6.19. The van der Waals surface area contributed by atoms with Gasteiger partial charge in [0.15, 0.2) is 0 Å². The van der Waals surface area contributed by atoms with Gasteiger partial charge in [-0.15, -0.1) is 6.42 Å². The molecule has 140 valence electrons. The van der Waals surface area contributed by atoms with E-state index in [0.29, 0.717) is 23.5 Å². The maximum Gasteiger partial charge on any atom is 0.255 e. The molecule has 0 aromatic heterocycles. The fourth-order valence-electron chi connectivity index (χ4n) is 2.08. The van der Waals surface area contributed by atoms with Crippen molar-refractivity contribution in [3.63, 3.8) is 0 Å². The predicted molar refractivity (Wildman–Crippen MR) is 102 cm³/mol. The maximum absolute atomic E-state index is 12.5. The van der Waals surface area contributed by atoms with Crippen LogP contribution in [0.4, 0.5) is 0 Å². The van der Waals surface area contributed by atoms with Crippen LogP contribution in [-0.2, 0) is 9.59 Å². The highest BCUT2D eigenvalue weighted by atomic mass is 32.2. The van der Waals surface area contributed by atoms with Crippen molar-refractivity contribution in [1.29, 1.82) is 0 Å². The number of hydrogen-bond donors (Lipinski definition) is 3. The summed E-state index contributed by atoms with van der Waals surface area (Å²) in [6.07, 6.45) is 7.39. The lowest BCUT2D eigenvalue weighted by Gasteiger charge is -2.18. The van der Waals surface area contributed by atoms with Crippen LogP contribution in [-0.4, -0.2) is 56.0 Å². The number of thioether (sulfide) groups is 1. The predicted octanol–water partition coefficient (Wildman–Crippen LogP) is 0.412. The molecule has 0 bridgehead atoms. The Morgan fingerprint density at radius 3 is 2.65 bits per heavy atom. The first-order valence-electron chi connectivity index (χ1n) is 7.94. The minimum Gasteiger partial charge on any atom is -0.496 e. The summed E-state index contributed by atoms with van der Waals surface area (Å²) in [6, 6.07) is 5.99. The summed E-state index contributed by atoms with van der Waals surface area (Å²) in [5.74, 6) is 2.13. The van der Waals surface area contributed by atoms with Crippen LogP contribution in [0.3, 0.4) is 0 Å². The van der Waals surface area contributed by atoms with Crippen molar-refractivity contribution in [1.82, 2.24) is 16.0 Å². The van der Waals surface area contributed by atoms with E-state index in [-0.39, 0.29) is 13.1 Å². The Bertz CT molecular complexity index is 673. The fraction of sp³-hybridized carbons (Fsp3) is 0.389. The summed E-state index contributed by atoms with van der Waals surface area (Å²) < 4.78 is 5.17. The molecule has 1 aromatic rings. The van der Waals surface area contributed by atoms with Gasteiger partial charge in [-0.1, -0.05) is 18.1 Å². The normalized spacial score (nSPS) is 11.0. The van der Waals surface area contributed by atoms with Crippen molar-refractivity contribution in [3.8, 4) is 18.1 Å². The van der Waals surface area contributed by atoms with Crippen molar-refractivity contribution in [2.45, 2.75) is 12.5 Å². The Labute approximate surface area is 157 Å². The lowest BCUT2D eigenvalue weighted by atomic mass is 10.1. The smallest absolute Gasteiger partial charge is 0.255 e. The molecule has 3 amide bonds. The molecule has 8 heteroatoms. The zero-order valence-corrected chi connectivity index (χ0v) is 15.7. The number of ether oxygens (including phenoxy) is 1. The van der Waals surface area contributed by atoms with Gasteiger partial charge in [-0.3, -0.25) is 14.4 Å². The molecular formula is C18H23N3O4S. The molecule has 1 unspecified atom stereocenters. The Kier molecular flexibility index (Phi) is 9.72. The van der Waals surface area contributed by atoms with Gasteiger partial charge in [0.1, 0.15) is 11.8 Å². The number of para-hydroxylation sites is 1. The van der Waals surface area contributed by atoms with Gasteiger partial charge in [0.25, 0.3) is 5.91 Å². The van der Waals surface area contributed by atoms with E-state index in [0.717, 1.165) is 0 Å². The number of benzene rings is 1. The summed E-state index contributed by atoms with van der Waals surface area (Å²) in [6.45, 7) is -0.115. The third-order valence-corrected chi connectivity index (χ3v) is 4.04. The van der Waals surface area contributed by atoms with E-state index < -0.39 is 23.8 Å². The average Bonchev–Trinajstić information content (AvgIpc) is 2.67. The SMILES string of the molecule is C#CCNC(=O)CNC(=O)C(CCSC)NC(=O)c1ccccc1OC. The zero-order valence-electron chi connectivity index (χ0n) is 14.8. The molecule has 1 rings (SSSR count). The topological polar surface area (TPSA) is 96.5 Å². The molecule has 1 aromatic carbocycles. The Hall–Kier alpha value is -2.66. The summed E-state index contributed by atoms with van der Waals surface area (Å²) in [4.78, 5) is 36.4. The summed E-state index contributed by atoms with van der Waals surface area (Å²) >= 11 is 1.56. The highest BCUT2D eigenvalue weighted by molar-refractivity contribution is 7.98. The number of hydrogen-bond acceptors (Lipinski definition) is 5. The second-order valence-electron chi connectivity index (χ2n) is 5.21. The largest absolute Gasteiger partial charge is 0.496 e. The van der Waals surface area contributed by atoms with Crippen LogP contribution >= 0.6 is 11.8 Å². The molecule has 0 radical (unpaired) electrons. The Balaban J connectivity index is 2.73. The van der Waals surface area contributed by atoms with Crippen LogP contribution in [0, 0.1) is 12.3 Å². The van der Waals surface area contributed by atoms with Crippen LogP contribution in [0.15, 0.2) is 24.3 Å². The van der Waals surface area contributed by atoms with Gasteiger partial charge in [-0.05, 0) is 30.6 Å². The zero-order chi connectivity index (χ0) is 19.4. The third-order valence-electron chi connectivity index (χ3n) is 3.39. The molecule has 3 N–H and O–H groups in total. The number of rotatable bonds is 10. The monoisotopic (exact) mass is 377 g/mol. The van der Waals surface area contributed by atoms with Gasteiger partial charge in [0.05, 0.1) is 25.8 Å². The van der Waals surface area contributed by atoms with Crippen LogP contribution < -0.4 is 20.7 Å². The molecule has 0 spiro atoms. The molecular weight excluding hydrogens is 354 g/mol. The first-order chi connectivity index (χ1) is 12.5. The molecule has 1 atom stereocenters. The molecule has 26 heavy (non-hydrogen) atoms. The molecule has 0 heterocycles. The number of carbonyl (C=O) groups is 3. The molecule has 0 aliphatic heterocycles. The van der Waals surface area contributed by atoms with Crippen molar-refractivity contribution in [2.24, 2.45) is 0 Å². The van der Waals surface area contributed by atoms with Crippen molar-refractivity contribution >= 4 is 29.5 Å². The second kappa shape index (κ2) is 11.8. The van der Waals surface area contributed by atoms with E-state index in [4.69, 9.17) is 11.2 Å². The van der Waals surface area contributed by atoms with E-state index >= 15 is 0 Å². The van der Waals surface area contributed by atoms with Crippen molar-refractivity contribution in [2.75, 3.05) is 32.2 Å². The standard InChI is InChI=1S/C18H23N3O4S/c1-4-10-19-16(22)12-20-18(24)14(9-11-26-3)21-17(23)13-7-5-6-8-15(13)25-2/h1,5-8,14H,9-12H2,2-3H3,(H,19,22)(H,20,24)(H,21,23). The van der Waals surface area contributed by atoms with Gasteiger partial charge in [-0.2, -0.15) is 11.8 Å². The van der Waals surface area contributed by atoms with Gasteiger partial charge in [-0.25, -0.2) is 0 Å². The van der Waals surface area contributed by atoms with Gasteiger partial charge >= 0.3 is 0 Å². The quantitative estimate of drug-likeness (QED) is 0.513. The summed E-state index contributed by atoms with van der Waals surface area (Å²) in [5, 5.41) is 7.67. The fourth-order valence-corrected chi connectivity index (χ4v) is 2.55. The molecule has 0 aliphatic carbocycles. The number of nitrogens with one attached hydrogen (secondary N) is 3. The van der Waals surface area contributed by atoms with E-state index in [9.17, 15) is 14.4 Å². The molecule has 7 nitrogen and oxygen atoms in total. The average molecular weight is 377 g/mol. The van der Waals surface area contributed by atoms with Gasteiger partial charge in [0.2, 0.25) is 11.8 Å². The number of amides is 3. The van der Waals surface area contributed by atoms with Gasteiger partial charge in [0, 0.05) is 0 Å². The van der Waals surface area contributed by atoms with Crippen LogP contribution in [0.25, 0.3) is 0 Å². The number of terminal acetylenes is 1. The van der Waals surface area contributed by atoms with E-state index in [1.54, 1.807) is 36.0 Å². The Morgan fingerprint density at radius 2 is 2.00 bits per heavy atom. The first-order valence-corrected chi connectivity index (χ1v) is 9.33. The number of methoxy groups -OCH3 is 1. The highest BCUT2D eigenvalue weighted by Crippen LogP contribution is 2.17. The maximum atomic E-state index is 12.5. The van der Waals surface area contributed by atoms with Crippen molar-refractivity contribution in [3.05, 3.63) is 29.8 Å². The third kappa shape index (κ3) is 7.07. The minimum atomic E-state index is -0.764. The van der Waals surface area contributed by atoms with Crippen LogP contribution in [0.5, 0.6) is 5.75 Å². The lowest BCUT2D eigenvalue weighted by molar-refractivity contribution is -0.127.